The first-order valence-electron chi connectivity index (χ1n) is 5.59. The molecule has 0 heterocycles. The second kappa shape index (κ2) is 5.95. The van der Waals surface area contributed by atoms with Crippen molar-refractivity contribution in [1.29, 1.82) is 0 Å². The van der Waals surface area contributed by atoms with E-state index in [1.54, 1.807) is 24.3 Å². The Morgan fingerprint density at radius 3 is 2.47 bits per heavy atom. The van der Waals surface area contributed by atoms with Crippen molar-refractivity contribution in [2.24, 2.45) is 10.9 Å². The SMILES string of the molecule is NN=Cc1ccc(OCc2ccc(F)cc2F)cc1. The summed E-state index contributed by atoms with van der Waals surface area (Å²) in [6.45, 7) is 0.0381. The molecule has 2 aromatic carbocycles. The quantitative estimate of drug-likeness (QED) is 0.523. The average Bonchev–Trinajstić information content (AvgIpc) is 2.40. The molecular formula is C14H12F2N2O. The van der Waals surface area contributed by atoms with Gasteiger partial charge in [0.2, 0.25) is 0 Å². The Morgan fingerprint density at radius 2 is 1.84 bits per heavy atom. The van der Waals surface area contributed by atoms with Crippen LogP contribution in [0.15, 0.2) is 47.6 Å². The molecule has 2 N–H and O–H groups in total. The Morgan fingerprint density at radius 1 is 1.11 bits per heavy atom. The van der Waals surface area contributed by atoms with Crippen molar-refractivity contribution in [2.75, 3.05) is 0 Å². The van der Waals surface area contributed by atoms with Gasteiger partial charge in [-0.25, -0.2) is 8.78 Å². The molecule has 0 atom stereocenters. The van der Waals surface area contributed by atoms with E-state index in [0.717, 1.165) is 11.6 Å². The number of nitrogens with zero attached hydrogens (tertiary/aromatic N) is 1. The summed E-state index contributed by atoms with van der Waals surface area (Å²) >= 11 is 0. The molecule has 0 radical (unpaired) electrons. The predicted octanol–water partition coefficient (Wildman–Crippen LogP) is 2.84. The summed E-state index contributed by atoms with van der Waals surface area (Å²) in [6.07, 6.45) is 1.50. The third-order valence-corrected chi connectivity index (χ3v) is 2.51. The summed E-state index contributed by atoms with van der Waals surface area (Å²) in [6, 6.07) is 10.4. The van der Waals surface area contributed by atoms with Crippen molar-refractivity contribution in [3.05, 3.63) is 65.2 Å². The predicted molar refractivity (Wildman–Crippen MR) is 68.9 cm³/mol. The van der Waals surface area contributed by atoms with Crippen molar-refractivity contribution >= 4 is 6.21 Å². The van der Waals surface area contributed by atoms with Crippen LogP contribution in [-0.4, -0.2) is 6.21 Å². The van der Waals surface area contributed by atoms with Gasteiger partial charge in [-0.05, 0) is 42.0 Å². The molecule has 0 aliphatic carbocycles. The normalized spacial score (nSPS) is 10.8. The van der Waals surface area contributed by atoms with E-state index in [1.165, 1.54) is 18.3 Å². The number of hydrogen-bond acceptors (Lipinski definition) is 3. The van der Waals surface area contributed by atoms with E-state index >= 15 is 0 Å². The number of hydrogen-bond donors (Lipinski definition) is 1. The van der Waals surface area contributed by atoms with Gasteiger partial charge in [-0.15, -0.1) is 0 Å². The van der Waals surface area contributed by atoms with E-state index in [1.807, 2.05) is 0 Å². The van der Waals surface area contributed by atoms with Crippen LogP contribution >= 0.6 is 0 Å². The van der Waals surface area contributed by atoms with Crippen molar-refractivity contribution < 1.29 is 13.5 Å². The van der Waals surface area contributed by atoms with Gasteiger partial charge >= 0.3 is 0 Å². The molecule has 98 valence electrons. The monoisotopic (exact) mass is 262 g/mol. The van der Waals surface area contributed by atoms with E-state index in [2.05, 4.69) is 5.10 Å². The smallest absolute Gasteiger partial charge is 0.132 e. The zero-order chi connectivity index (χ0) is 13.7. The maximum absolute atomic E-state index is 13.4. The van der Waals surface area contributed by atoms with Gasteiger partial charge in [-0.2, -0.15) is 5.10 Å². The maximum Gasteiger partial charge on any atom is 0.132 e. The fourth-order valence-corrected chi connectivity index (χ4v) is 1.54. The van der Waals surface area contributed by atoms with Gasteiger partial charge in [-0.1, -0.05) is 0 Å². The van der Waals surface area contributed by atoms with E-state index in [-0.39, 0.29) is 6.61 Å². The molecule has 0 aliphatic rings. The van der Waals surface area contributed by atoms with Crippen LogP contribution in [0.1, 0.15) is 11.1 Å². The van der Waals surface area contributed by atoms with Gasteiger partial charge in [0.25, 0.3) is 0 Å². The fraction of sp³-hybridized carbons (Fsp3) is 0.0714. The second-order valence-electron chi connectivity index (χ2n) is 3.87. The van der Waals surface area contributed by atoms with E-state index < -0.39 is 11.6 Å². The van der Waals surface area contributed by atoms with E-state index in [4.69, 9.17) is 10.6 Å². The van der Waals surface area contributed by atoms with Gasteiger partial charge in [0.05, 0.1) is 6.21 Å². The first kappa shape index (κ1) is 13.0. The molecule has 0 aliphatic heterocycles. The van der Waals surface area contributed by atoms with Gasteiger partial charge < -0.3 is 10.6 Å². The van der Waals surface area contributed by atoms with Gasteiger partial charge in [0.1, 0.15) is 24.0 Å². The van der Waals surface area contributed by atoms with Crippen LogP contribution in [0.3, 0.4) is 0 Å². The Balaban J connectivity index is 2.02. The molecule has 2 rings (SSSR count). The van der Waals surface area contributed by atoms with Crippen LogP contribution in [-0.2, 0) is 6.61 Å². The van der Waals surface area contributed by atoms with Crippen molar-refractivity contribution in [2.45, 2.75) is 6.61 Å². The number of nitrogens with two attached hydrogens (primary N) is 1. The van der Waals surface area contributed by atoms with E-state index in [9.17, 15) is 8.78 Å². The molecule has 0 fully saturated rings. The lowest BCUT2D eigenvalue weighted by Crippen LogP contribution is -1.99. The first-order chi connectivity index (χ1) is 9.19. The third-order valence-electron chi connectivity index (χ3n) is 2.51. The molecule has 0 unspecified atom stereocenters. The molecule has 0 aromatic heterocycles. The Labute approximate surface area is 109 Å². The molecule has 19 heavy (non-hydrogen) atoms. The average molecular weight is 262 g/mol. The fourth-order valence-electron chi connectivity index (χ4n) is 1.54. The highest BCUT2D eigenvalue weighted by molar-refractivity contribution is 5.79. The largest absolute Gasteiger partial charge is 0.489 e. The minimum atomic E-state index is -0.619. The molecule has 0 saturated carbocycles. The van der Waals surface area contributed by atoms with Gasteiger partial charge in [0, 0.05) is 11.6 Å². The molecule has 3 nitrogen and oxygen atoms in total. The molecule has 0 bridgehead atoms. The highest BCUT2D eigenvalue weighted by Crippen LogP contribution is 2.15. The Hall–Kier alpha value is -2.43. The summed E-state index contributed by atoms with van der Waals surface area (Å²) in [7, 11) is 0. The lowest BCUT2D eigenvalue weighted by molar-refractivity contribution is 0.299. The summed E-state index contributed by atoms with van der Waals surface area (Å²) in [5, 5.41) is 3.40. The number of benzene rings is 2. The number of halogens is 2. The number of ether oxygens (including phenoxy) is 1. The molecule has 0 spiro atoms. The molecule has 5 heteroatoms. The molecule has 0 amide bonds. The third kappa shape index (κ3) is 3.51. The first-order valence-corrected chi connectivity index (χ1v) is 5.59. The van der Waals surface area contributed by atoms with Crippen LogP contribution in [0.4, 0.5) is 8.78 Å². The number of hydrazone groups is 1. The zero-order valence-electron chi connectivity index (χ0n) is 10.0. The summed E-state index contributed by atoms with van der Waals surface area (Å²) in [5.41, 5.74) is 1.14. The second-order valence-corrected chi connectivity index (χ2v) is 3.87. The minimum absolute atomic E-state index is 0.0381. The Kier molecular flexibility index (Phi) is 4.07. The van der Waals surface area contributed by atoms with Crippen molar-refractivity contribution in [3.63, 3.8) is 0 Å². The summed E-state index contributed by atoms with van der Waals surface area (Å²) in [5.74, 6) is 4.39. The highest BCUT2D eigenvalue weighted by atomic mass is 19.1. The topological polar surface area (TPSA) is 47.6 Å². The summed E-state index contributed by atoms with van der Waals surface area (Å²) in [4.78, 5) is 0. The van der Waals surface area contributed by atoms with Crippen LogP contribution in [0.2, 0.25) is 0 Å². The summed E-state index contributed by atoms with van der Waals surface area (Å²) < 4.78 is 31.5. The van der Waals surface area contributed by atoms with E-state index in [0.29, 0.717) is 11.3 Å². The van der Waals surface area contributed by atoms with Crippen LogP contribution in [0.5, 0.6) is 5.75 Å². The number of rotatable bonds is 4. The van der Waals surface area contributed by atoms with Crippen LogP contribution in [0, 0.1) is 11.6 Å². The van der Waals surface area contributed by atoms with Crippen molar-refractivity contribution in [3.8, 4) is 5.75 Å². The van der Waals surface area contributed by atoms with Crippen molar-refractivity contribution in [1.82, 2.24) is 0 Å². The molecular weight excluding hydrogens is 250 g/mol. The van der Waals surface area contributed by atoms with Gasteiger partial charge in [-0.3, -0.25) is 0 Å². The standard InChI is InChI=1S/C14H12F2N2O/c15-12-4-3-11(14(16)7-12)9-19-13-5-1-10(2-6-13)8-18-17/h1-8H,9,17H2. The highest BCUT2D eigenvalue weighted by Gasteiger charge is 2.04. The maximum atomic E-state index is 13.4. The van der Waals surface area contributed by atoms with Gasteiger partial charge in [0.15, 0.2) is 0 Å². The molecule has 0 saturated heterocycles. The van der Waals surface area contributed by atoms with Crippen LogP contribution < -0.4 is 10.6 Å². The lowest BCUT2D eigenvalue weighted by atomic mass is 10.2. The minimum Gasteiger partial charge on any atom is -0.489 e. The molecule has 2 aromatic rings. The Bertz CT molecular complexity index is 582. The lowest BCUT2D eigenvalue weighted by Gasteiger charge is -2.07. The van der Waals surface area contributed by atoms with Crippen LogP contribution in [0.25, 0.3) is 0 Å². The zero-order valence-corrected chi connectivity index (χ0v) is 10.0.